The van der Waals surface area contributed by atoms with Crippen LogP contribution in [-0.4, -0.2) is 11.1 Å². The summed E-state index contributed by atoms with van der Waals surface area (Å²) in [6.07, 6.45) is 3.72. The number of allylic oxidation sites excluding steroid dienone is 1. The van der Waals surface area contributed by atoms with E-state index < -0.39 is 4.92 Å². The van der Waals surface area contributed by atoms with E-state index in [4.69, 9.17) is 0 Å². The molecule has 1 aromatic rings. The van der Waals surface area contributed by atoms with E-state index in [1.807, 2.05) is 33.8 Å². The Morgan fingerprint density at radius 2 is 1.95 bits per heavy atom. The lowest BCUT2D eigenvalue weighted by Gasteiger charge is -2.11. The molecule has 1 aromatic carbocycles. The first-order valence-electron chi connectivity index (χ1n) is 6.26. The van der Waals surface area contributed by atoms with E-state index in [2.05, 4.69) is 16.3 Å². The lowest BCUT2D eigenvalue weighted by atomic mass is 9.95. The van der Waals surface area contributed by atoms with E-state index in [9.17, 15) is 10.1 Å². The lowest BCUT2D eigenvalue weighted by molar-refractivity contribution is -0.384. The molecule has 5 nitrogen and oxygen atoms in total. The summed E-state index contributed by atoms with van der Waals surface area (Å²) in [4.78, 5) is 10.1. The van der Waals surface area contributed by atoms with Crippen molar-refractivity contribution in [2.75, 3.05) is 5.43 Å². The molecule has 106 valence electrons. The molecule has 1 rings (SSSR count). The van der Waals surface area contributed by atoms with E-state index >= 15 is 0 Å². The van der Waals surface area contributed by atoms with Gasteiger partial charge in [-0.15, -0.1) is 5.73 Å². The molecule has 0 radical (unpaired) electrons. The number of rotatable bonds is 5. The molecule has 0 bridgehead atoms. The standard InChI is InChI=1S/C15H19N3O2/c1-12(2)9-10-15(3,4)11-16-17-13-5-7-14(8-6-13)18(19)20/h5-8,10-11,17H,1-4H3/b16-11+. The van der Waals surface area contributed by atoms with Gasteiger partial charge in [0.1, 0.15) is 0 Å². The number of hydrogen-bond donors (Lipinski definition) is 1. The third-order valence-electron chi connectivity index (χ3n) is 2.40. The van der Waals surface area contributed by atoms with Gasteiger partial charge < -0.3 is 0 Å². The van der Waals surface area contributed by atoms with E-state index in [0.29, 0.717) is 5.69 Å². The minimum Gasteiger partial charge on any atom is -0.279 e. The van der Waals surface area contributed by atoms with Crippen LogP contribution >= 0.6 is 0 Å². The van der Waals surface area contributed by atoms with Crippen LogP contribution in [0, 0.1) is 15.5 Å². The summed E-state index contributed by atoms with van der Waals surface area (Å²) < 4.78 is 0. The molecule has 0 spiro atoms. The van der Waals surface area contributed by atoms with E-state index in [0.717, 1.165) is 5.57 Å². The monoisotopic (exact) mass is 273 g/mol. The van der Waals surface area contributed by atoms with Crippen LogP contribution in [0.4, 0.5) is 11.4 Å². The summed E-state index contributed by atoms with van der Waals surface area (Å²) in [7, 11) is 0. The van der Waals surface area contributed by atoms with Crippen molar-refractivity contribution in [2.24, 2.45) is 10.5 Å². The molecule has 20 heavy (non-hydrogen) atoms. The van der Waals surface area contributed by atoms with Crippen molar-refractivity contribution in [1.29, 1.82) is 0 Å². The quantitative estimate of drug-likeness (QED) is 0.379. The van der Waals surface area contributed by atoms with Gasteiger partial charge in [0.05, 0.1) is 10.6 Å². The molecule has 0 heterocycles. The molecule has 0 aliphatic rings. The highest BCUT2D eigenvalue weighted by Crippen LogP contribution is 2.16. The van der Waals surface area contributed by atoms with Crippen LogP contribution in [0.25, 0.3) is 0 Å². The number of nitro benzene ring substituents is 1. The topological polar surface area (TPSA) is 67.5 Å². The maximum atomic E-state index is 10.5. The van der Waals surface area contributed by atoms with Crippen molar-refractivity contribution in [3.63, 3.8) is 0 Å². The van der Waals surface area contributed by atoms with Crippen molar-refractivity contribution >= 4 is 17.6 Å². The van der Waals surface area contributed by atoms with Gasteiger partial charge in [-0.05, 0) is 37.6 Å². The SMILES string of the molecule is CC(C)=C=CC(C)(C)/C=N/Nc1ccc([N+](=O)[O-])cc1. The number of benzene rings is 1. The minimum absolute atomic E-state index is 0.0614. The maximum absolute atomic E-state index is 10.5. The Bertz CT molecular complexity index is 561. The number of anilines is 1. The van der Waals surface area contributed by atoms with Crippen molar-refractivity contribution in [2.45, 2.75) is 27.7 Å². The predicted octanol–water partition coefficient (Wildman–Crippen LogP) is 4.14. The third-order valence-corrected chi connectivity index (χ3v) is 2.40. The van der Waals surface area contributed by atoms with Gasteiger partial charge in [-0.25, -0.2) is 0 Å². The van der Waals surface area contributed by atoms with Gasteiger partial charge in [0.2, 0.25) is 0 Å². The maximum Gasteiger partial charge on any atom is 0.269 e. The smallest absolute Gasteiger partial charge is 0.269 e. The Hall–Kier alpha value is -2.39. The predicted molar refractivity (Wildman–Crippen MR) is 81.9 cm³/mol. The number of non-ortho nitro benzene ring substituents is 1. The molecular formula is C15H19N3O2. The Labute approximate surface area is 118 Å². The first-order valence-corrected chi connectivity index (χ1v) is 6.26. The molecule has 0 aliphatic carbocycles. The Balaban J connectivity index is 2.69. The summed E-state index contributed by atoms with van der Waals surface area (Å²) >= 11 is 0. The van der Waals surface area contributed by atoms with Crippen molar-refractivity contribution in [1.82, 2.24) is 0 Å². The fraction of sp³-hybridized carbons (Fsp3) is 0.333. The van der Waals surface area contributed by atoms with E-state index in [1.165, 1.54) is 12.1 Å². The van der Waals surface area contributed by atoms with Gasteiger partial charge in [-0.2, -0.15) is 5.10 Å². The zero-order valence-electron chi connectivity index (χ0n) is 12.2. The van der Waals surface area contributed by atoms with Crippen LogP contribution in [0.5, 0.6) is 0 Å². The molecule has 0 atom stereocenters. The second-order valence-corrected chi connectivity index (χ2v) is 5.28. The largest absolute Gasteiger partial charge is 0.279 e. The van der Waals surface area contributed by atoms with Crippen molar-refractivity contribution in [3.8, 4) is 0 Å². The number of nitro groups is 1. The zero-order chi connectivity index (χ0) is 15.2. The fourth-order valence-electron chi connectivity index (χ4n) is 1.30. The Morgan fingerprint density at radius 3 is 2.45 bits per heavy atom. The van der Waals surface area contributed by atoms with Crippen LogP contribution < -0.4 is 5.43 Å². The molecular weight excluding hydrogens is 254 g/mol. The number of nitrogens with zero attached hydrogens (tertiary/aromatic N) is 2. The lowest BCUT2D eigenvalue weighted by Crippen LogP contribution is -2.09. The average Bonchev–Trinajstić information content (AvgIpc) is 2.37. The van der Waals surface area contributed by atoms with Gasteiger partial charge in [0.15, 0.2) is 0 Å². The second-order valence-electron chi connectivity index (χ2n) is 5.28. The number of hydrazone groups is 1. The average molecular weight is 273 g/mol. The molecule has 0 saturated carbocycles. The Morgan fingerprint density at radius 1 is 1.35 bits per heavy atom. The van der Waals surface area contributed by atoms with Crippen LogP contribution in [0.15, 0.2) is 46.7 Å². The molecule has 0 fully saturated rings. The summed E-state index contributed by atoms with van der Waals surface area (Å²) in [5, 5.41) is 14.7. The fourth-order valence-corrected chi connectivity index (χ4v) is 1.30. The van der Waals surface area contributed by atoms with E-state index in [-0.39, 0.29) is 11.1 Å². The van der Waals surface area contributed by atoms with Crippen LogP contribution in [0.2, 0.25) is 0 Å². The van der Waals surface area contributed by atoms with Crippen LogP contribution in [0.3, 0.4) is 0 Å². The van der Waals surface area contributed by atoms with Gasteiger partial charge >= 0.3 is 0 Å². The molecule has 0 aliphatic heterocycles. The van der Waals surface area contributed by atoms with Gasteiger partial charge in [-0.3, -0.25) is 15.5 Å². The second kappa shape index (κ2) is 6.68. The highest BCUT2D eigenvalue weighted by Gasteiger charge is 2.09. The van der Waals surface area contributed by atoms with Gasteiger partial charge in [0, 0.05) is 23.8 Å². The van der Waals surface area contributed by atoms with Gasteiger partial charge in [0.25, 0.3) is 5.69 Å². The normalized spacial score (nSPS) is 11.0. The molecule has 5 heteroatoms. The Kier molecular flexibility index (Phi) is 5.23. The summed E-state index contributed by atoms with van der Waals surface area (Å²) in [6, 6.07) is 6.11. The molecule has 0 saturated heterocycles. The van der Waals surface area contributed by atoms with Gasteiger partial charge in [-0.1, -0.05) is 13.8 Å². The molecule has 1 N–H and O–H groups in total. The minimum atomic E-state index is -0.430. The van der Waals surface area contributed by atoms with Crippen molar-refractivity contribution in [3.05, 3.63) is 51.8 Å². The summed E-state index contributed by atoms with van der Waals surface area (Å²) in [5.41, 5.74) is 7.65. The first kappa shape index (κ1) is 15.7. The number of nitrogens with one attached hydrogen (secondary N) is 1. The van der Waals surface area contributed by atoms with E-state index in [1.54, 1.807) is 18.3 Å². The molecule has 0 amide bonds. The molecule has 0 aromatic heterocycles. The highest BCUT2D eigenvalue weighted by atomic mass is 16.6. The van der Waals surface area contributed by atoms with Crippen LogP contribution in [-0.2, 0) is 0 Å². The summed E-state index contributed by atoms with van der Waals surface area (Å²) in [6.45, 7) is 8.01. The summed E-state index contributed by atoms with van der Waals surface area (Å²) in [5.74, 6) is 0. The molecule has 0 unspecified atom stereocenters. The third kappa shape index (κ3) is 5.50. The zero-order valence-corrected chi connectivity index (χ0v) is 12.2. The highest BCUT2D eigenvalue weighted by molar-refractivity contribution is 5.68. The number of hydrogen-bond acceptors (Lipinski definition) is 4. The van der Waals surface area contributed by atoms with Crippen molar-refractivity contribution < 1.29 is 4.92 Å². The van der Waals surface area contributed by atoms with Crippen LogP contribution in [0.1, 0.15) is 27.7 Å². The first-order chi connectivity index (χ1) is 9.30.